The molecule has 3 nitrogen and oxygen atoms in total. The van der Waals surface area contributed by atoms with Crippen LogP contribution in [-0.2, 0) is 14.3 Å². The summed E-state index contributed by atoms with van der Waals surface area (Å²) < 4.78 is 5.51. The third-order valence-electron chi connectivity index (χ3n) is 4.40. The van der Waals surface area contributed by atoms with Crippen LogP contribution in [0.25, 0.3) is 0 Å². The Morgan fingerprint density at radius 3 is 2.47 bits per heavy atom. The number of ketones is 1. The zero-order valence-electron chi connectivity index (χ0n) is 11.1. The molecule has 1 spiro atoms. The van der Waals surface area contributed by atoms with Crippen molar-refractivity contribution in [2.24, 2.45) is 11.3 Å². The third kappa shape index (κ3) is 2.29. The Kier molecular flexibility index (Phi) is 2.92. The second-order valence-electron chi connectivity index (χ2n) is 5.99. The number of esters is 1. The number of hydrogen-bond acceptors (Lipinski definition) is 3. The Morgan fingerprint density at radius 2 is 1.89 bits per heavy atom. The van der Waals surface area contributed by atoms with Crippen LogP contribution < -0.4 is 0 Å². The third-order valence-corrected chi connectivity index (χ3v) is 4.40. The molecule has 0 aromatic heterocycles. The van der Waals surface area contributed by atoms with Gasteiger partial charge in [0.05, 0.1) is 5.92 Å². The molecule has 2 aliphatic rings. The van der Waals surface area contributed by atoms with Crippen molar-refractivity contribution >= 4 is 11.8 Å². The average molecular weight is 258 g/mol. The van der Waals surface area contributed by atoms with Gasteiger partial charge in [0.1, 0.15) is 11.9 Å². The molecule has 0 N–H and O–H groups in total. The van der Waals surface area contributed by atoms with Crippen molar-refractivity contribution in [1.82, 2.24) is 0 Å². The van der Waals surface area contributed by atoms with Gasteiger partial charge in [0.15, 0.2) is 0 Å². The molecule has 19 heavy (non-hydrogen) atoms. The van der Waals surface area contributed by atoms with Gasteiger partial charge in [0.2, 0.25) is 0 Å². The van der Waals surface area contributed by atoms with E-state index in [0.29, 0.717) is 18.6 Å². The predicted octanol–water partition coefficient (Wildman–Crippen LogP) is 3.05. The van der Waals surface area contributed by atoms with E-state index in [0.717, 1.165) is 18.4 Å². The van der Waals surface area contributed by atoms with Crippen LogP contribution in [0.4, 0.5) is 0 Å². The number of rotatable bonds is 3. The molecular weight excluding hydrogens is 240 g/mol. The number of Topliss-reactive ketones (excluding diaryl/α,β-unsaturated/α-hetero) is 1. The fourth-order valence-electron chi connectivity index (χ4n) is 3.29. The van der Waals surface area contributed by atoms with Crippen LogP contribution in [-0.4, -0.2) is 11.8 Å². The normalized spacial score (nSPS) is 22.5. The maximum Gasteiger partial charge on any atom is 0.309 e. The summed E-state index contributed by atoms with van der Waals surface area (Å²) >= 11 is 0. The van der Waals surface area contributed by atoms with Crippen LogP contribution in [0.5, 0.6) is 0 Å². The summed E-state index contributed by atoms with van der Waals surface area (Å²) in [5.41, 5.74) is 1.18. The number of benzene rings is 1. The standard InChI is InChI=1S/C16H18O3/c1-11(12-5-3-2-4-6-12)19-15(18)13-7-16(8-13)9-14(17)10-16/h2-6,11,13H,7-10H2,1H3. The van der Waals surface area contributed by atoms with Crippen molar-refractivity contribution in [2.75, 3.05) is 0 Å². The molecule has 0 heterocycles. The molecule has 2 saturated carbocycles. The van der Waals surface area contributed by atoms with Gasteiger partial charge in [-0.2, -0.15) is 0 Å². The first-order valence-corrected chi connectivity index (χ1v) is 6.85. The van der Waals surface area contributed by atoms with Crippen LogP contribution in [0, 0.1) is 11.3 Å². The largest absolute Gasteiger partial charge is 0.458 e. The van der Waals surface area contributed by atoms with Gasteiger partial charge in [-0.25, -0.2) is 0 Å². The Balaban J connectivity index is 1.51. The first-order chi connectivity index (χ1) is 9.08. The summed E-state index contributed by atoms with van der Waals surface area (Å²) in [6, 6.07) is 9.76. The number of carbonyl (C=O) groups is 2. The molecule has 0 saturated heterocycles. The zero-order chi connectivity index (χ0) is 13.5. The van der Waals surface area contributed by atoms with E-state index in [1.807, 2.05) is 37.3 Å². The highest BCUT2D eigenvalue weighted by atomic mass is 16.5. The molecule has 1 unspecified atom stereocenters. The summed E-state index contributed by atoms with van der Waals surface area (Å²) in [6.45, 7) is 1.90. The fraction of sp³-hybridized carbons (Fsp3) is 0.500. The minimum absolute atomic E-state index is 0.000683. The van der Waals surface area contributed by atoms with E-state index in [1.54, 1.807) is 0 Å². The van der Waals surface area contributed by atoms with Gasteiger partial charge in [-0.05, 0) is 30.7 Å². The molecule has 1 aromatic carbocycles. The maximum absolute atomic E-state index is 12.0. The van der Waals surface area contributed by atoms with E-state index >= 15 is 0 Å². The van der Waals surface area contributed by atoms with E-state index in [4.69, 9.17) is 4.74 Å². The minimum Gasteiger partial charge on any atom is -0.458 e. The Hall–Kier alpha value is -1.64. The van der Waals surface area contributed by atoms with Crippen LogP contribution in [0.3, 0.4) is 0 Å². The van der Waals surface area contributed by atoms with Gasteiger partial charge in [-0.1, -0.05) is 30.3 Å². The lowest BCUT2D eigenvalue weighted by molar-refractivity contribution is -0.169. The van der Waals surface area contributed by atoms with E-state index in [2.05, 4.69) is 0 Å². The van der Waals surface area contributed by atoms with Gasteiger partial charge in [0, 0.05) is 12.8 Å². The van der Waals surface area contributed by atoms with E-state index in [1.165, 1.54) is 0 Å². The predicted molar refractivity (Wildman–Crippen MR) is 70.3 cm³/mol. The second kappa shape index (κ2) is 4.48. The highest BCUT2D eigenvalue weighted by molar-refractivity contribution is 5.87. The van der Waals surface area contributed by atoms with Crippen LogP contribution >= 0.6 is 0 Å². The number of ether oxygens (including phenoxy) is 1. The molecular formula is C16H18O3. The van der Waals surface area contributed by atoms with Crippen LogP contribution in [0.2, 0.25) is 0 Å². The molecule has 1 aromatic rings. The first-order valence-electron chi connectivity index (χ1n) is 6.85. The monoisotopic (exact) mass is 258 g/mol. The molecule has 1 atom stereocenters. The molecule has 0 amide bonds. The van der Waals surface area contributed by atoms with Gasteiger partial charge in [0.25, 0.3) is 0 Å². The number of carbonyl (C=O) groups excluding carboxylic acids is 2. The summed E-state index contributed by atoms with van der Waals surface area (Å²) in [7, 11) is 0. The van der Waals surface area contributed by atoms with Crippen LogP contribution in [0.1, 0.15) is 44.3 Å². The van der Waals surface area contributed by atoms with Gasteiger partial charge < -0.3 is 4.74 Å². The summed E-state index contributed by atoms with van der Waals surface area (Å²) in [5, 5.41) is 0. The summed E-state index contributed by atoms with van der Waals surface area (Å²) in [5.74, 6) is 0.227. The number of hydrogen-bond donors (Lipinski definition) is 0. The molecule has 0 bridgehead atoms. The van der Waals surface area contributed by atoms with Gasteiger partial charge in [-0.15, -0.1) is 0 Å². The van der Waals surface area contributed by atoms with Crippen molar-refractivity contribution in [2.45, 2.75) is 38.7 Å². The molecule has 100 valence electrons. The Bertz CT molecular complexity index is 490. The zero-order valence-corrected chi connectivity index (χ0v) is 11.1. The van der Waals surface area contributed by atoms with E-state index < -0.39 is 0 Å². The summed E-state index contributed by atoms with van der Waals surface area (Å²) in [4.78, 5) is 23.0. The Morgan fingerprint density at radius 1 is 1.26 bits per heavy atom. The highest BCUT2D eigenvalue weighted by Crippen LogP contribution is 2.57. The quantitative estimate of drug-likeness (QED) is 0.783. The lowest BCUT2D eigenvalue weighted by atomic mass is 9.51. The van der Waals surface area contributed by atoms with Gasteiger partial charge in [-0.3, -0.25) is 9.59 Å². The molecule has 2 aliphatic carbocycles. The smallest absolute Gasteiger partial charge is 0.309 e. The van der Waals surface area contributed by atoms with E-state index in [-0.39, 0.29) is 23.4 Å². The van der Waals surface area contributed by atoms with Crippen molar-refractivity contribution in [3.8, 4) is 0 Å². The average Bonchev–Trinajstić information content (AvgIpc) is 2.32. The minimum atomic E-state index is -0.201. The van der Waals surface area contributed by atoms with Crippen LogP contribution in [0.15, 0.2) is 30.3 Å². The molecule has 3 rings (SSSR count). The summed E-state index contributed by atoms with van der Waals surface area (Å²) in [6.07, 6.45) is 2.81. The SMILES string of the molecule is CC(OC(=O)C1CC2(CC(=O)C2)C1)c1ccccc1. The molecule has 3 heteroatoms. The second-order valence-corrected chi connectivity index (χ2v) is 5.99. The first kappa shape index (κ1) is 12.4. The lowest BCUT2D eigenvalue weighted by Gasteiger charge is -2.51. The van der Waals surface area contributed by atoms with Crippen molar-refractivity contribution < 1.29 is 14.3 Å². The van der Waals surface area contributed by atoms with Crippen molar-refractivity contribution in [3.63, 3.8) is 0 Å². The topological polar surface area (TPSA) is 43.4 Å². The Labute approximate surface area is 113 Å². The fourth-order valence-corrected chi connectivity index (χ4v) is 3.29. The molecule has 2 fully saturated rings. The maximum atomic E-state index is 12.0. The highest BCUT2D eigenvalue weighted by Gasteiger charge is 2.55. The lowest BCUT2D eigenvalue weighted by Crippen LogP contribution is -2.50. The molecule has 0 aliphatic heterocycles. The molecule has 0 radical (unpaired) electrons. The van der Waals surface area contributed by atoms with E-state index in [9.17, 15) is 9.59 Å². The van der Waals surface area contributed by atoms with Crippen molar-refractivity contribution in [3.05, 3.63) is 35.9 Å². The van der Waals surface area contributed by atoms with Gasteiger partial charge >= 0.3 is 5.97 Å². The van der Waals surface area contributed by atoms with Crippen molar-refractivity contribution in [1.29, 1.82) is 0 Å².